The van der Waals surface area contributed by atoms with Crippen LogP contribution in [-0.4, -0.2) is 6.61 Å². The zero-order valence-electron chi connectivity index (χ0n) is 6.19. The minimum absolute atomic E-state index is 0.672. The van der Waals surface area contributed by atoms with Crippen LogP contribution < -0.4 is 5.14 Å². The van der Waals surface area contributed by atoms with Gasteiger partial charge in [0.15, 0.2) is 0 Å². The molecular formula is C8H11NOS. The third-order valence-corrected chi connectivity index (χ3v) is 1.69. The fraction of sp³-hybridized carbons (Fsp3) is 0.250. The summed E-state index contributed by atoms with van der Waals surface area (Å²) in [6.45, 7) is 0.672. The Hall–Kier alpha value is -0.510. The molecule has 0 unspecified atom stereocenters. The van der Waals surface area contributed by atoms with E-state index in [0.29, 0.717) is 6.61 Å². The van der Waals surface area contributed by atoms with Crippen molar-refractivity contribution in [3.63, 3.8) is 0 Å². The van der Waals surface area contributed by atoms with Gasteiger partial charge in [-0.2, -0.15) is 0 Å². The van der Waals surface area contributed by atoms with E-state index in [2.05, 4.69) is 12.1 Å². The Kier molecular flexibility index (Phi) is 4.04. The van der Waals surface area contributed by atoms with Gasteiger partial charge in [-0.3, -0.25) is 5.14 Å². The van der Waals surface area contributed by atoms with Gasteiger partial charge in [-0.05, 0) is 12.0 Å². The van der Waals surface area contributed by atoms with Gasteiger partial charge in [0.05, 0.1) is 18.8 Å². The van der Waals surface area contributed by atoms with Crippen molar-refractivity contribution in [2.45, 2.75) is 6.42 Å². The maximum absolute atomic E-state index is 5.09. The van der Waals surface area contributed by atoms with Crippen LogP contribution in [0.25, 0.3) is 0 Å². The molecule has 0 spiro atoms. The summed E-state index contributed by atoms with van der Waals surface area (Å²) in [5, 5.41) is 5.09. The molecule has 60 valence electrons. The average Bonchev–Trinajstić information content (AvgIpc) is 2.07. The number of hydrogen-bond acceptors (Lipinski definition) is 3. The molecule has 0 saturated carbocycles. The highest BCUT2D eigenvalue weighted by molar-refractivity contribution is 7.92. The van der Waals surface area contributed by atoms with E-state index in [4.69, 9.17) is 9.32 Å². The molecule has 2 nitrogen and oxygen atoms in total. The summed E-state index contributed by atoms with van der Waals surface area (Å²) in [5.41, 5.74) is 1.28. The summed E-state index contributed by atoms with van der Waals surface area (Å²) >= 11 is 0.921. The Bertz CT molecular complexity index is 191. The lowest BCUT2D eigenvalue weighted by Gasteiger charge is -1.98. The molecule has 0 saturated heterocycles. The Morgan fingerprint density at radius 3 is 2.64 bits per heavy atom. The summed E-state index contributed by atoms with van der Waals surface area (Å²) in [4.78, 5) is 0. The first kappa shape index (κ1) is 8.59. The van der Waals surface area contributed by atoms with Crippen molar-refractivity contribution in [2.24, 2.45) is 5.14 Å². The fourth-order valence-electron chi connectivity index (χ4n) is 0.852. The van der Waals surface area contributed by atoms with Gasteiger partial charge in [0.25, 0.3) is 0 Å². The zero-order valence-corrected chi connectivity index (χ0v) is 7.01. The highest BCUT2D eigenvalue weighted by atomic mass is 32.2. The van der Waals surface area contributed by atoms with Crippen LogP contribution in [0.1, 0.15) is 5.56 Å². The summed E-state index contributed by atoms with van der Waals surface area (Å²) in [6.07, 6.45) is 0.922. The zero-order chi connectivity index (χ0) is 7.94. The minimum atomic E-state index is 0.672. The van der Waals surface area contributed by atoms with Gasteiger partial charge in [-0.1, -0.05) is 30.3 Å². The lowest BCUT2D eigenvalue weighted by atomic mass is 10.2. The van der Waals surface area contributed by atoms with E-state index in [9.17, 15) is 0 Å². The van der Waals surface area contributed by atoms with E-state index in [0.717, 1.165) is 18.6 Å². The van der Waals surface area contributed by atoms with Crippen molar-refractivity contribution in [1.82, 2.24) is 0 Å². The third kappa shape index (κ3) is 3.41. The number of nitrogens with two attached hydrogens (primary N) is 1. The van der Waals surface area contributed by atoms with Crippen molar-refractivity contribution in [1.29, 1.82) is 0 Å². The van der Waals surface area contributed by atoms with Crippen LogP contribution in [0.15, 0.2) is 30.3 Å². The number of hydrogen-bond donors (Lipinski definition) is 1. The van der Waals surface area contributed by atoms with Gasteiger partial charge in [0, 0.05) is 0 Å². The summed E-state index contributed by atoms with van der Waals surface area (Å²) in [5.74, 6) is 0. The van der Waals surface area contributed by atoms with Gasteiger partial charge >= 0.3 is 0 Å². The second-order valence-electron chi connectivity index (χ2n) is 2.15. The molecule has 0 aliphatic heterocycles. The highest BCUT2D eigenvalue weighted by Crippen LogP contribution is 2.00. The number of rotatable bonds is 4. The van der Waals surface area contributed by atoms with Crippen molar-refractivity contribution in [2.75, 3.05) is 6.61 Å². The fourth-order valence-corrected chi connectivity index (χ4v) is 1.03. The van der Waals surface area contributed by atoms with E-state index in [1.54, 1.807) is 0 Å². The quantitative estimate of drug-likeness (QED) is 0.424. The minimum Gasteiger partial charge on any atom is -0.301 e. The third-order valence-electron chi connectivity index (χ3n) is 1.38. The van der Waals surface area contributed by atoms with Gasteiger partial charge < -0.3 is 4.18 Å². The van der Waals surface area contributed by atoms with Gasteiger partial charge in [0.1, 0.15) is 0 Å². The van der Waals surface area contributed by atoms with Crippen LogP contribution in [0.3, 0.4) is 0 Å². The molecule has 0 radical (unpaired) electrons. The molecule has 0 aliphatic carbocycles. The monoisotopic (exact) mass is 169 g/mol. The summed E-state index contributed by atoms with van der Waals surface area (Å²) in [7, 11) is 0. The molecule has 0 atom stereocenters. The molecule has 0 bridgehead atoms. The molecule has 0 heterocycles. The summed E-state index contributed by atoms with van der Waals surface area (Å²) < 4.78 is 4.93. The molecule has 0 aromatic heterocycles. The van der Waals surface area contributed by atoms with Gasteiger partial charge in [-0.15, -0.1) is 0 Å². The lowest BCUT2D eigenvalue weighted by molar-refractivity contribution is 0.379. The van der Waals surface area contributed by atoms with Crippen molar-refractivity contribution < 1.29 is 4.18 Å². The van der Waals surface area contributed by atoms with Crippen LogP contribution in [0.4, 0.5) is 0 Å². The first-order valence-electron chi connectivity index (χ1n) is 3.46. The molecular weight excluding hydrogens is 158 g/mol. The first-order valence-corrected chi connectivity index (χ1v) is 4.26. The van der Waals surface area contributed by atoms with Crippen LogP contribution in [0.2, 0.25) is 0 Å². The molecule has 1 rings (SSSR count). The smallest absolute Gasteiger partial charge is 0.0758 e. The standard InChI is InChI=1S/C8H11NOS/c9-11-10-7-6-8-4-2-1-3-5-8/h1-5H,6-7,9H2. The maximum Gasteiger partial charge on any atom is 0.0758 e. The maximum atomic E-state index is 5.09. The second kappa shape index (κ2) is 5.18. The van der Waals surface area contributed by atoms with Gasteiger partial charge in [-0.25, -0.2) is 0 Å². The van der Waals surface area contributed by atoms with E-state index in [1.807, 2.05) is 18.2 Å². The molecule has 1 aromatic carbocycles. The second-order valence-corrected chi connectivity index (χ2v) is 2.58. The van der Waals surface area contributed by atoms with Crippen LogP contribution in [0, 0.1) is 0 Å². The van der Waals surface area contributed by atoms with E-state index >= 15 is 0 Å². The Morgan fingerprint density at radius 1 is 1.27 bits per heavy atom. The van der Waals surface area contributed by atoms with E-state index in [1.165, 1.54) is 5.56 Å². The highest BCUT2D eigenvalue weighted by Gasteiger charge is 1.89. The summed E-state index contributed by atoms with van der Waals surface area (Å²) in [6, 6.07) is 10.2. The van der Waals surface area contributed by atoms with E-state index in [-0.39, 0.29) is 0 Å². The Balaban J connectivity index is 2.28. The predicted molar refractivity (Wildman–Crippen MR) is 47.9 cm³/mol. The molecule has 0 amide bonds. The SMILES string of the molecule is NSOCCc1ccccc1. The predicted octanol–water partition coefficient (Wildman–Crippen LogP) is 1.77. The Morgan fingerprint density at radius 2 is 2.00 bits per heavy atom. The average molecular weight is 169 g/mol. The van der Waals surface area contributed by atoms with E-state index < -0.39 is 0 Å². The van der Waals surface area contributed by atoms with Crippen molar-refractivity contribution in [3.8, 4) is 0 Å². The molecule has 0 aliphatic rings. The molecule has 11 heavy (non-hydrogen) atoms. The van der Waals surface area contributed by atoms with Crippen LogP contribution in [-0.2, 0) is 10.6 Å². The lowest BCUT2D eigenvalue weighted by Crippen LogP contribution is -1.94. The molecule has 1 aromatic rings. The molecule has 2 N–H and O–H groups in total. The molecule has 0 fully saturated rings. The Labute approximate surface area is 71.1 Å². The van der Waals surface area contributed by atoms with Gasteiger partial charge in [0.2, 0.25) is 0 Å². The normalized spacial score (nSPS) is 9.91. The van der Waals surface area contributed by atoms with Crippen molar-refractivity contribution in [3.05, 3.63) is 35.9 Å². The van der Waals surface area contributed by atoms with Crippen LogP contribution in [0.5, 0.6) is 0 Å². The topological polar surface area (TPSA) is 35.2 Å². The first-order chi connectivity index (χ1) is 5.43. The van der Waals surface area contributed by atoms with Crippen LogP contribution >= 0.6 is 12.2 Å². The largest absolute Gasteiger partial charge is 0.301 e. The number of benzene rings is 1. The molecule has 3 heteroatoms. The van der Waals surface area contributed by atoms with Crippen molar-refractivity contribution >= 4 is 12.2 Å².